The molecule has 0 saturated carbocycles. The van der Waals surface area contributed by atoms with Crippen molar-refractivity contribution >= 4 is 22.9 Å². The van der Waals surface area contributed by atoms with Crippen molar-refractivity contribution in [3.8, 4) is 0 Å². The Morgan fingerprint density at radius 2 is 1.86 bits per heavy atom. The minimum atomic E-state index is 0.147. The average molecular weight is 399 g/mol. The summed E-state index contributed by atoms with van der Waals surface area (Å²) in [5.41, 5.74) is 3.84. The third-order valence-electron chi connectivity index (χ3n) is 5.80. The Morgan fingerprint density at radius 3 is 2.68 bits per heavy atom. The van der Waals surface area contributed by atoms with E-state index in [1.807, 2.05) is 11.9 Å². The fraction of sp³-hybridized carbons (Fsp3) is 0.522. The van der Waals surface area contributed by atoms with Gasteiger partial charge in [-0.05, 0) is 48.9 Å². The normalized spacial score (nSPS) is 17.5. The van der Waals surface area contributed by atoms with Crippen molar-refractivity contribution in [3.05, 3.63) is 51.2 Å². The van der Waals surface area contributed by atoms with Crippen LogP contribution in [0, 0.1) is 0 Å². The second kappa shape index (κ2) is 9.10. The minimum Gasteiger partial charge on any atom is -0.378 e. The summed E-state index contributed by atoms with van der Waals surface area (Å²) in [6.45, 7) is 3.99. The fourth-order valence-electron chi connectivity index (χ4n) is 4.22. The van der Waals surface area contributed by atoms with Gasteiger partial charge < -0.3 is 14.5 Å². The number of ether oxygens (including phenoxy) is 1. The topological polar surface area (TPSA) is 32.8 Å². The van der Waals surface area contributed by atoms with Gasteiger partial charge >= 0.3 is 0 Å². The van der Waals surface area contributed by atoms with Crippen LogP contribution in [-0.4, -0.2) is 44.2 Å². The minimum absolute atomic E-state index is 0.147. The largest absolute Gasteiger partial charge is 0.378 e. The second-order valence-electron chi connectivity index (χ2n) is 7.86. The van der Waals surface area contributed by atoms with Crippen molar-refractivity contribution in [2.75, 3.05) is 38.3 Å². The van der Waals surface area contributed by atoms with E-state index in [-0.39, 0.29) is 5.91 Å². The van der Waals surface area contributed by atoms with Crippen LogP contribution in [0.2, 0.25) is 0 Å². The van der Waals surface area contributed by atoms with Crippen LogP contribution in [0.15, 0.2) is 30.3 Å². The number of fused-ring (bicyclic) bond motifs is 1. The van der Waals surface area contributed by atoms with E-state index in [1.165, 1.54) is 47.4 Å². The highest BCUT2D eigenvalue weighted by molar-refractivity contribution is 7.14. The number of benzene rings is 1. The van der Waals surface area contributed by atoms with Crippen molar-refractivity contribution in [1.82, 2.24) is 4.90 Å². The highest BCUT2D eigenvalue weighted by atomic mass is 32.1. The van der Waals surface area contributed by atoms with E-state index < -0.39 is 0 Å². The van der Waals surface area contributed by atoms with Crippen molar-refractivity contribution in [2.24, 2.45) is 0 Å². The lowest BCUT2D eigenvalue weighted by molar-refractivity contribution is 0.0789. The van der Waals surface area contributed by atoms with E-state index >= 15 is 0 Å². The van der Waals surface area contributed by atoms with Crippen LogP contribution in [0.3, 0.4) is 0 Å². The monoisotopic (exact) mass is 398 g/mol. The highest BCUT2D eigenvalue weighted by Gasteiger charge is 2.21. The Morgan fingerprint density at radius 1 is 1.11 bits per heavy atom. The van der Waals surface area contributed by atoms with E-state index in [1.54, 1.807) is 11.3 Å². The number of carbonyl (C=O) groups excluding carboxylic acids is 1. The van der Waals surface area contributed by atoms with Gasteiger partial charge in [0.25, 0.3) is 5.91 Å². The molecule has 2 aliphatic rings. The van der Waals surface area contributed by atoms with Crippen LogP contribution in [-0.2, 0) is 24.1 Å². The van der Waals surface area contributed by atoms with Crippen molar-refractivity contribution in [2.45, 2.75) is 45.1 Å². The number of nitrogens with zero attached hydrogens (tertiary/aromatic N) is 2. The van der Waals surface area contributed by atoms with Gasteiger partial charge in [0, 0.05) is 37.2 Å². The molecule has 1 aliphatic carbocycles. The summed E-state index contributed by atoms with van der Waals surface area (Å²) in [6, 6.07) is 10.6. The molecule has 28 heavy (non-hydrogen) atoms. The molecular formula is C23H30N2O2S. The van der Waals surface area contributed by atoms with Crippen LogP contribution < -0.4 is 4.90 Å². The quantitative estimate of drug-likeness (QED) is 0.759. The summed E-state index contributed by atoms with van der Waals surface area (Å²) >= 11 is 1.72. The lowest BCUT2D eigenvalue weighted by Crippen LogP contribution is -2.37. The first-order valence-electron chi connectivity index (χ1n) is 10.5. The maximum absolute atomic E-state index is 13.1. The SMILES string of the molecule is CN(Cc1ccccc1N1CCOCC1)C(=O)c1cc2c(s1)CCCCCC2. The molecule has 0 atom stereocenters. The molecule has 0 unspecified atom stereocenters. The average Bonchev–Trinajstić information content (AvgIpc) is 3.10. The standard InChI is InChI=1S/C23H30N2O2S/c1-24(17-19-9-6-7-10-20(19)25-12-14-27-15-13-25)23(26)22-16-18-8-4-2-3-5-11-21(18)28-22/h6-7,9-10,16H,2-5,8,11-15,17H2,1H3. The molecule has 2 aromatic rings. The predicted molar refractivity (Wildman–Crippen MR) is 115 cm³/mol. The number of hydrogen-bond acceptors (Lipinski definition) is 4. The van der Waals surface area contributed by atoms with Gasteiger partial charge in [-0.1, -0.05) is 31.0 Å². The molecule has 1 aliphatic heterocycles. The first-order valence-corrected chi connectivity index (χ1v) is 11.3. The number of hydrogen-bond donors (Lipinski definition) is 0. The third kappa shape index (κ3) is 4.41. The van der Waals surface area contributed by atoms with Crippen molar-refractivity contribution in [1.29, 1.82) is 0 Å². The van der Waals surface area contributed by atoms with Gasteiger partial charge in [0.2, 0.25) is 0 Å². The van der Waals surface area contributed by atoms with Crippen LogP contribution in [0.5, 0.6) is 0 Å². The summed E-state index contributed by atoms with van der Waals surface area (Å²) in [6.07, 6.45) is 7.40. The number of morpholine rings is 1. The van der Waals surface area contributed by atoms with E-state index in [4.69, 9.17) is 4.74 Å². The van der Waals surface area contributed by atoms with Crippen LogP contribution in [0.1, 0.15) is 51.4 Å². The lowest BCUT2D eigenvalue weighted by Gasteiger charge is -2.31. The number of rotatable bonds is 4. The second-order valence-corrected chi connectivity index (χ2v) is 9.00. The zero-order valence-corrected chi connectivity index (χ0v) is 17.6. The Hall–Kier alpha value is -1.85. The molecule has 1 aromatic carbocycles. The maximum atomic E-state index is 13.1. The number of anilines is 1. The van der Waals surface area contributed by atoms with Gasteiger partial charge in [-0.2, -0.15) is 0 Å². The number of aryl methyl sites for hydroxylation is 2. The number of para-hydroxylation sites is 1. The predicted octanol–water partition coefficient (Wildman–Crippen LogP) is 4.52. The van der Waals surface area contributed by atoms with Gasteiger partial charge in [0.1, 0.15) is 0 Å². The zero-order chi connectivity index (χ0) is 19.3. The lowest BCUT2D eigenvalue weighted by atomic mass is 10.00. The van der Waals surface area contributed by atoms with E-state index in [2.05, 4.69) is 35.2 Å². The maximum Gasteiger partial charge on any atom is 0.263 e. The Balaban J connectivity index is 1.49. The molecule has 0 N–H and O–H groups in total. The molecule has 0 radical (unpaired) electrons. The first-order chi connectivity index (χ1) is 13.7. The van der Waals surface area contributed by atoms with Crippen LogP contribution in [0.4, 0.5) is 5.69 Å². The van der Waals surface area contributed by atoms with E-state index in [0.29, 0.717) is 6.54 Å². The van der Waals surface area contributed by atoms with Gasteiger partial charge in [0.05, 0.1) is 18.1 Å². The molecule has 1 saturated heterocycles. The molecule has 1 amide bonds. The molecule has 4 nitrogen and oxygen atoms in total. The Kier molecular flexibility index (Phi) is 6.33. The molecule has 4 rings (SSSR count). The van der Waals surface area contributed by atoms with Gasteiger partial charge in [0.15, 0.2) is 0 Å². The fourth-order valence-corrected chi connectivity index (χ4v) is 5.47. The van der Waals surface area contributed by atoms with Crippen LogP contribution >= 0.6 is 11.3 Å². The smallest absolute Gasteiger partial charge is 0.263 e. The number of carbonyl (C=O) groups is 1. The first kappa shape index (κ1) is 19.5. The summed E-state index contributed by atoms with van der Waals surface area (Å²) in [7, 11) is 1.93. The van der Waals surface area contributed by atoms with Crippen LogP contribution in [0.25, 0.3) is 0 Å². The molecule has 2 heterocycles. The number of amides is 1. The Bertz CT molecular complexity index is 785. The Labute approximate surface area is 172 Å². The summed E-state index contributed by atoms with van der Waals surface area (Å²) in [5, 5.41) is 0. The van der Waals surface area contributed by atoms with Gasteiger partial charge in [-0.25, -0.2) is 0 Å². The summed E-state index contributed by atoms with van der Waals surface area (Å²) in [4.78, 5) is 19.7. The molecule has 150 valence electrons. The zero-order valence-electron chi connectivity index (χ0n) is 16.8. The molecular weight excluding hydrogens is 368 g/mol. The van der Waals surface area contributed by atoms with Crippen molar-refractivity contribution in [3.63, 3.8) is 0 Å². The molecule has 1 aromatic heterocycles. The molecule has 0 spiro atoms. The number of thiophene rings is 1. The molecule has 0 bridgehead atoms. The highest BCUT2D eigenvalue weighted by Crippen LogP contribution is 2.30. The third-order valence-corrected chi connectivity index (χ3v) is 7.03. The van der Waals surface area contributed by atoms with Crippen molar-refractivity contribution < 1.29 is 9.53 Å². The van der Waals surface area contributed by atoms with Gasteiger partial charge in [-0.15, -0.1) is 11.3 Å². The van der Waals surface area contributed by atoms with Gasteiger partial charge in [-0.3, -0.25) is 4.79 Å². The molecule has 5 heteroatoms. The molecule has 1 fully saturated rings. The summed E-state index contributed by atoms with van der Waals surface area (Å²) in [5.74, 6) is 0.147. The van der Waals surface area contributed by atoms with E-state index in [0.717, 1.165) is 44.0 Å². The van der Waals surface area contributed by atoms with E-state index in [9.17, 15) is 4.79 Å². The summed E-state index contributed by atoms with van der Waals surface area (Å²) < 4.78 is 5.49.